The molecule has 0 unspecified atom stereocenters. The van der Waals surface area contributed by atoms with Crippen LogP contribution in [0.4, 0.5) is 24.7 Å². The summed E-state index contributed by atoms with van der Waals surface area (Å²) in [6, 6.07) is 6.74. The van der Waals surface area contributed by atoms with E-state index in [4.69, 9.17) is 0 Å². The zero-order valence-corrected chi connectivity index (χ0v) is 21.5. The summed E-state index contributed by atoms with van der Waals surface area (Å²) in [4.78, 5) is 23.7. The summed E-state index contributed by atoms with van der Waals surface area (Å²) in [5.74, 6) is -4.02. The molecule has 2 aromatic carbocycles. The van der Waals surface area contributed by atoms with Crippen LogP contribution < -0.4 is 10.2 Å². The van der Waals surface area contributed by atoms with Gasteiger partial charge in [-0.25, -0.2) is 14.4 Å². The first-order valence-electron chi connectivity index (χ1n) is 11.9. The van der Waals surface area contributed by atoms with Crippen molar-refractivity contribution in [3.63, 3.8) is 0 Å². The minimum absolute atomic E-state index is 0.00511. The fourth-order valence-electron chi connectivity index (χ4n) is 4.79. The Balaban J connectivity index is 1.81. The number of carbonyl (C=O) groups is 1. The molecule has 0 radical (unpaired) electrons. The van der Waals surface area contributed by atoms with Crippen LogP contribution in [-0.4, -0.2) is 33.6 Å². The topological polar surface area (TPSA) is 78.4 Å². The van der Waals surface area contributed by atoms with E-state index in [1.807, 2.05) is 26.0 Å². The summed E-state index contributed by atoms with van der Waals surface area (Å²) in [5.41, 5.74) is -1.76. The number of benzene rings is 2. The van der Waals surface area contributed by atoms with E-state index >= 15 is 4.39 Å². The standard InChI is InChI=1S/C27H31F3N4O2/c1-8-26(6)19-12-17-20(13-21(19)34(7)24(26)35)32-15(3)33-23(17)31-14(2)16-10-9-11-18(22(16)28)27(29,30)25(4,5)36/h9-14,36H,8H2,1-7H3,(H,31,32,33)/t14-,26-/m1/s1. The number of anilines is 2. The number of hydrogen-bond donors (Lipinski definition) is 2. The van der Waals surface area contributed by atoms with Crippen molar-refractivity contribution in [2.45, 2.75) is 70.9 Å². The number of hydrogen-bond acceptors (Lipinski definition) is 5. The van der Waals surface area contributed by atoms with E-state index in [9.17, 15) is 18.7 Å². The zero-order chi connectivity index (χ0) is 26.8. The van der Waals surface area contributed by atoms with Gasteiger partial charge >= 0.3 is 5.92 Å². The Hall–Kier alpha value is -3.20. The third-order valence-electron chi connectivity index (χ3n) is 7.32. The quantitative estimate of drug-likeness (QED) is 0.450. The predicted octanol–water partition coefficient (Wildman–Crippen LogP) is 5.76. The number of rotatable bonds is 6. The second-order valence-electron chi connectivity index (χ2n) is 10.3. The first-order chi connectivity index (χ1) is 16.6. The third-order valence-corrected chi connectivity index (χ3v) is 7.32. The molecule has 0 saturated carbocycles. The number of aryl methyl sites for hydroxylation is 1. The van der Waals surface area contributed by atoms with Crippen molar-refractivity contribution in [3.8, 4) is 0 Å². The lowest BCUT2D eigenvalue weighted by Gasteiger charge is -2.30. The van der Waals surface area contributed by atoms with Gasteiger partial charge in [0.15, 0.2) is 0 Å². The lowest BCUT2D eigenvalue weighted by molar-refractivity contribution is -0.170. The third kappa shape index (κ3) is 3.80. The van der Waals surface area contributed by atoms with Gasteiger partial charge in [-0.1, -0.05) is 19.1 Å². The number of alkyl halides is 2. The van der Waals surface area contributed by atoms with Gasteiger partial charge in [-0.3, -0.25) is 4.79 Å². The molecule has 0 aliphatic carbocycles. The second kappa shape index (κ2) is 8.44. The van der Waals surface area contributed by atoms with Gasteiger partial charge in [0.2, 0.25) is 5.91 Å². The lowest BCUT2D eigenvalue weighted by atomic mass is 9.81. The maximum absolute atomic E-state index is 15.4. The van der Waals surface area contributed by atoms with Crippen molar-refractivity contribution < 1.29 is 23.1 Å². The fourth-order valence-corrected chi connectivity index (χ4v) is 4.79. The minimum Gasteiger partial charge on any atom is -0.384 e. The van der Waals surface area contributed by atoms with Crippen molar-refractivity contribution in [2.75, 3.05) is 17.3 Å². The van der Waals surface area contributed by atoms with E-state index in [0.717, 1.165) is 31.2 Å². The van der Waals surface area contributed by atoms with Crippen LogP contribution in [0.5, 0.6) is 0 Å². The summed E-state index contributed by atoms with van der Waals surface area (Å²) in [5, 5.41) is 13.7. The molecule has 1 aliphatic heterocycles. The molecule has 0 fully saturated rings. The first-order valence-corrected chi connectivity index (χ1v) is 11.9. The molecule has 2 atom stereocenters. The lowest BCUT2D eigenvalue weighted by Crippen LogP contribution is -2.41. The molecule has 4 rings (SSSR count). The van der Waals surface area contributed by atoms with E-state index in [2.05, 4.69) is 15.3 Å². The fraction of sp³-hybridized carbons (Fsp3) is 0.444. The highest BCUT2D eigenvalue weighted by Gasteiger charge is 2.49. The number of aromatic nitrogens is 2. The Bertz CT molecular complexity index is 1370. The molecule has 192 valence electrons. The maximum Gasteiger partial charge on any atom is 0.303 e. The number of nitrogens with zero attached hydrogens (tertiary/aromatic N) is 3. The van der Waals surface area contributed by atoms with Crippen molar-refractivity contribution in [2.24, 2.45) is 0 Å². The average molecular weight is 501 g/mol. The molecule has 1 aliphatic rings. The SMILES string of the molecule is CC[C@@]1(C)C(=O)N(C)c2cc3nc(C)nc(N[C@H](C)c4cccc(C(F)(F)C(C)(C)O)c4F)c3cc21. The van der Waals surface area contributed by atoms with Crippen LogP contribution in [0, 0.1) is 12.7 Å². The van der Waals surface area contributed by atoms with E-state index in [0.29, 0.717) is 29.0 Å². The number of carbonyl (C=O) groups excluding carboxylic acids is 1. The van der Waals surface area contributed by atoms with Crippen molar-refractivity contribution in [1.29, 1.82) is 0 Å². The van der Waals surface area contributed by atoms with Crippen molar-refractivity contribution >= 4 is 28.3 Å². The van der Waals surface area contributed by atoms with E-state index in [1.165, 1.54) is 12.1 Å². The van der Waals surface area contributed by atoms with Gasteiger partial charge in [0.1, 0.15) is 23.1 Å². The molecular formula is C27H31F3N4O2. The summed E-state index contributed by atoms with van der Waals surface area (Å²) in [7, 11) is 1.74. The number of amides is 1. The van der Waals surface area contributed by atoms with Gasteiger partial charge in [0, 0.05) is 23.7 Å². The average Bonchev–Trinajstić information content (AvgIpc) is 2.98. The highest BCUT2D eigenvalue weighted by molar-refractivity contribution is 6.10. The molecule has 6 nitrogen and oxygen atoms in total. The van der Waals surface area contributed by atoms with Gasteiger partial charge in [-0.2, -0.15) is 8.78 Å². The van der Waals surface area contributed by atoms with Crippen molar-refractivity contribution in [3.05, 3.63) is 58.7 Å². The summed E-state index contributed by atoms with van der Waals surface area (Å²) in [6.45, 7) is 9.12. The smallest absolute Gasteiger partial charge is 0.303 e. The Morgan fingerprint density at radius 2 is 1.89 bits per heavy atom. The van der Waals surface area contributed by atoms with Crippen LogP contribution in [0.2, 0.25) is 0 Å². The Labute approximate surface area is 208 Å². The number of aliphatic hydroxyl groups is 1. The second-order valence-corrected chi connectivity index (χ2v) is 10.3. The minimum atomic E-state index is -3.80. The van der Waals surface area contributed by atoms with Gasteiger partial charge in [0.25, 0.3) is 0 Å². The summed E-state index contributed by atoms with van der Waals surface area (Å²) in [6.07, 6.45) is 0.605. The Kier molecular flexibility index (Phi) is 6.06. The number of fused-ring (bicyclic) bond motifs is 2. The molecule has 0 saturated heterocycles. The van der Waals surface area contributed by atoms with Gasteiger partial charge in [-0.05, 0) is 64.8 Å². The van der Waals surface area contributed by atoms with E-state index in [1.54, 1.807) is 25.8 Å². The van der Waals surface area contributed by atoms with Crippen LogP contribution in [0.25, 0.3) is 10.9 Å². The highest BCUT2D eigenvalue weighted by Crippen LogP contribution is 2.46. The molecule has 1 amide bonds. The summed E-state index contributed by atoms with van der Waals surface area (Å²) >= 11 is 0. The van der Waals surface area contributed by atoms with Gasteiger partial charge in [0.05, 0.1) is 22.5 Å². The normalized spacial score (nSPS) is 19.1. The largest absolute Gasteiger partial charge is 0.384 e. The van der Waals surface area contributed by atoms with Crippen LogP contribution >= 0.6 is 0 Å². The van der Waals surface area contributed by atoms with E-state index < -0.39 is 34.4 Å². The van der Waals surface area contributed by atoms with E-state index in [-0.39, 0.29) is 11.5 Å². The first kappa shape index (κ1) is 25.9. The zero-order valence-electron chi connectivity index (χ0n) is 21.5. The van der Waals surface area contributed by atoms with Crippen LogP contribution in [0.3, 0.4) is 0 Å². The van der Waals surface area contributed by atoms with Crippen LogP contribution in [-0.2, 0) is 16.1 Å². The molecule has 0 bridgehead atoms. The Morgan fingerprint density at radius 1 is 1.22 bits per heavy atom. The molecule has 2 N–H and O–H groups in total. The number of halogens is 3. The maximum atomic E-state index is 15.4. The highest BCUT2D eigenvalue weighted by atomic mass is 19.3. The van der Waals surface area contributed by atoms with Gasteiger partial charge < -0.3 is 15.3 Å². The number of likely N-dealkylation sites (N-methyl/N-ethyl adjacent to an activating group) is 1. The molecule has 36 heavy (non-hydrogen) atoms. The summed E-state index contributed by atoms with van der Waals surface area (Å²) < 4.78 is 44.9. The van der Waals surface area contributed by atoms with Crippen molar-refractivity contribution in [1.82, 2.24) is 9.97 Å². The molecular weight excluding hydrogens is 469 g/mol. The predicted molar refractivity (Wildman–Crippen MR) is 134 cm³/mol. The van der Waals surface area contributed by atoms with Crippen LogP contribution in [0.1, 0.15) is 69.6 Å². The molecule has 9 heteroatoms. The monoisotopic (exact) mass is 500 g/mol. The number of nitrogens with one attached hydrogen (secondary N) is 1. The molecule has 0 spiro atoms. The Morgan fingerprint density at radius 3 is 2.50 bits per heavy atom. The molecule has 3 aromatic rings. The van der Waals surface area contributed by atoms with Gasteiger partial charge in [-0.15, -0.1) is 0 Å². The molecule has 2 heterocycles. The molecule has 1 aromatic heterocycles. The van der Waals surface area contributed by atoms with Crippen LogP contribution in [0.15, 0.2) is 30.3 Å².